The van der Waals surface area contributed by atoms with E-state index in [0.29, 0.717) is 37.4 Å². The molecule has 4 rings (SSSR count). The third-order valence-electron chi connectivity index (χ3n) is 6.02. The number of aromatic nitrogens is 1. The second-order valence-electron chi connectivity index (χ2n) is 8.28. The largest absolute Gasteiger partial charge is 0.493 e. The van der Waals surface area contributed by atoms with Gasteiger partial charge in [0.15, 0.2) is 11.5 Å². The molecule has 0 N–H and O–H groups in total. The lowest BCUT2D eigenvalue weighted by Gasteiger charge is -2.38. The molecule has 0 saturated heterocycles. The lowest BCUT2D eigenvalue weighted by atomic mass is 9.74. The van der Waals surface area contributed by atoms with Crippen molar-refractivity contribution in [2.24, 2.45) is 12.0 Å². The highest BCUT2D eigenvalue weighted by Crippen LogP contribution is 2.45. The van der Waals surface area contributed by atoms with E-state index in [-0.39, 0.29) is 23.6 Å². The second-order valence-corrected chi connectivity index (χ2v) is 9.88. The Balaban J connectivity index is 1.84. The molecule has 2 aromatic rings. The van der Waals surface area contributed by atoms with Gasteiger partial charge in [-0.2, -0.15) is 8.42 Å². The number of ether oxygens (including phenoxy) is 2. The van der Waals surface area contributed by atoms with E-state index < -0.39 is 10.1 Å². The third-order valence-corrected chi connectivity index (χ3v) is 6.64. The Bertz CT molecular complexity index is 1220. The Kier molecular flexibility index (Phi) is 6.13. The molecule has 32 heavy (non-hydrogen) atoms. The van der Waals surface area contributed by atoms with Crippen LogP contribution >= 0.6 is 0 Å². The van der Waals surface area contributed by atoms with Crippen LogP contribution in [0.5, 0.6) is 11.5 Å². The van der Waals surface area contributed by atoms with Gasteiger partial charge < -0.3 is 14.0 Å². The van der Waals surface area contributed by atoms with Crippen LogP contribution in [0.3, 0.4) is 0 Å². The molecule has 1 aliphatic heterocycles. The topological polar surface area (TPSA) is 96.2 Å². The summed E-state index contributed by atoms with van der Waals surface area (Å²) in [6.45, 7) is 2.40. The number of benzene rings is 1. The number of pyridine rings is 1. The molecule has 9 heteroatoms. The minimum Gasteiger partial charge on any atom is -0.493 e. The first kappa shape index (κ1) is 22.5. The van der Waals surface area contributed by atoms with Crippen LogP contribution in [0.4, 0.5) is 0 Å². The standard InChI is InChI=1S/C23H28N2O6S/c1-5-30-21-11-16-17-10-15(31-32(4,27)28)7-8-19(17)24-23(18(16)12-20(21)29-3)14-6-9-22(26)25(2)13-14/h6,9,11-13,15,17,19H,5,7-8,10H2,1-4H3/t15-,17-,19-/m1/s1. The van der Waals surface area contributed by atoms with Gasteiger partial charge in [-0.3, -0.25) is 14.0 Å². The summed E-state index contributed by atoms with van der Waals surface area (Å²) in [7, 11) is -0.235. The first-order chi connectivity index (χ1) is 15.2. The van der Waals surface area contributed by atoms with Crippen molar-refractivity contribution in [1.29, 1.82) is 0 Å². The summed E-state index contributed by atoms with van der Waals surface area (Å²) in [5.41, 5.74) is 3.46. The fraction of sp³-hybridized carbons (Fsp3) is 0.478. The van der Waals surface area contributed by atoms with Crippen LogP contribution < -0.4 is 15.0 Å². The molecule has 2 aliphatic rings. The number of aliphatic imine (C=N–C) groups is 1. The second kappa shape index (κ2) is 8.71. The predicted molar refractivity (Wildman–Crippen MR) is 122 cm³/mol. The van der Waals surface area contributed by atoms with Crippen molar-refractivity contribution in [2.45, 2.75) is 44.2 Å². The molecule has 0 spiro atoms. The van der Waals surface area contributed by atoms with Crippen molar-refractivity contribution in [3.8, 4) is 11.5 Å². The number of fused-ring (bicyclic) bond motifs is 3. The molecule has 0 unspecified atom stereocenters. The summed E-state index contributed by atoms with van der Waals surface area (Å²) >= 11 is 0. The van der Waals surface area contributed by atoms with E-state index in [2.05, 4.69) is 0 Å². The normalized spacial score (nSPS) is 22.5. The van der Waals surface area contributed by atoms with Gasteiger partial charge >= 0.3 is 0 Å². The highest BCUT2D eigenvalue weighted by molar-refractivity contribution is 7.86. The minimum atomic E-state index is -3.54. The van der Waals surface area contributed by atoms with Gasteiger partial charge in [-0.1, -0.05) is 0 Å². The fourth-order valence-electron chi connectivity index (χ4n) is 4.65. The van der Waals surface area contributed by atoms with Crippen LogP contribution in [0.25, 0.3) is 0 Å². The molecule has 0 amide bonds. The Labute approximate surface area is 188 Å². The highest BCUT2D eigenvalue weighted by Gasteiger charge is 2.39. The summed E-state index contributed by atoms with van der Waals surface area (Å²) in [5, 5.41) is 0. The zero-order valence-electron chi connectivity index (χ0n) is 18.7. The minimum absolute atomic E-state index is 0.00751. The molecule has 1 aromatic heterocycles. The Morgan fingerprint density at radius 1 is 1.19 bits per heavy atom. The lowest BCUT2D eigenvalue weighted by molar-refractivity contribution is 0.141. The van der Waals surface area contributed by atoms with E-state index >= 15 is 0 Å². The summed E-state index contributed by atoms with van der Waals surface area (Å²) in [6, 6.07) is 7.20. The molecule has 8 nitrogen and oxygen atoms in total. The van der Waals surface area contributed by atoms with E-state index in [9.17, 15) is 13.2 Å². The number of aryl methyl sites for hydroxylation is 1. The maximum Gasteiger partial charge on any atom is 0.264 e. The monoisotopic (exact) mass is 460 g/mol. The molecule has 1 aromatic carbocycles. The number of methoxy groups -OCH3 is 1. The molecule has 0 bridgehead atoms. The van der Waals surface area contributed by atoms with E-state index in [4.69, 9.17) is 18.6 Å². The van der Waals surface area contributed by atoms with Gasteiger partial charge in [0.25, 0.3) is 10.1 Å². The molecule has 2 heterocycles. The molecule has 1 saturated carbocycles. The summed E-state index contributed by atoms with van der Waals surface area (Å²) < 4.78 is 41.7. The van der Waals surface area contributed by atoms with Crippen LogP contribution in [0.2, 0.25) is 0 Å². The van der Waals surface area contributed by atoms with Gasteiger partial charge in [0.2, 0.25) is 5.56 Å². The molecule has 3 atom stereocenters. The van der Waals surface area contributed by atoms with Gasteiger partial charge in [-0.05, 0) is 49.9 Å². The number of hydrogen-bond acceptors (Lipinski definition) is 7. The quantitative estimate of drug-likeness (QED) is 0.615. The van der Waals surface area contributed by atoms with Crippen molar-refractivity contribution >= 4 is 15.8 Å². The summed E-state index contributed by atoms with van der Waals surface area (Å²) in [4.78, 5) is 17.0. The van der Waals surface area contributed by atoms with E-state index in [0.717, 1.165) is 28.7 Å². The molecule has 172 valence electrons. The Hall–Kier alpha value is -2.65. The van der Waals surface area contributed by atoms with Gasteiger partial charge in [-0.25, -0.2) is 0 Å². The molecular formula is C23H28N2O6S. The maximum absolute atomic E-state index is 11.9. The van der Waals surface area contributed by atoms with Crippen molar-refractivity contribution in [3.05, 3.63) is 57.5 Å². The first-order valence-corrected chi connectivity index (χ1v) is 12.5. The van der Waals surface area contributed by atoms with Crippen molar-refractivity contribution in [3.63, 3.8) is 0 Å². The number of hydrogen-bond donors (Lipinski definition) is 0. The summed E-state index contributed by atoms with van der Waals surface area (Å²) in [5.74, 6) is 1.23. The van der Waals surface area contributed by atoms with Gasteiger partial charge in [0.05, 0.1) is 37.8 Å². The average Bonchev–Trinajstić information content (AvgIpc) is 2.74. The Morgan fingerprint density at radius 3 is 2.62 bits per heavy atom. The predicted octanol–water partition coefficient (Wildman–Crippen LogP) is 2.62. The van der Waals surface area contributed by atoms with E-state index in [1.807, 2.05) is 19.1 Å². The molecule has 0 radical (unpaired) electrons. The zero-order valence-corrected chi connectivity index (χ0v) is 19.5. The smallest absolute Gasteiger partial charge is 0.264 e. The third kappa shape index (κ3) is 4.45. The van der Waals surface area contributed by atoms with Crippen molar-refractivity contribution < 1.29 is 22.1 Å². The zero-order chi connectivity index (χ0) is 23.0. The van der Waals surface area contributed by atoms with Crippen molar-refractivity contribution in [2.75, 3.05) is 20.0 Å². The number of rotatable bonds is 6. The van der Waals surface area contributed by atoms with Gasteiger partial charge in [-0.15, -0.1) is 0 Å². The first-order valence-electron chi connectivity index (χ1n) is 10.7. The summed E-state index contributed by atoms with van der Waals surface area (Å²) in [6.07, 6.45) is 4.35. The number of nitrogens with zero attached hydrogens (tertiary/aromatic N) is 2. The van der Waals surface area contributed by atoms with Gasteiger partial charge in [0.1, 0.15) is 0 Å². The molecular weight excluding hydrogens is 432 g/mol. The van der Waals surface area contributed by atoms with Crippen molar-refractivity contribution in [1.82, 2.24) is 4.57 Å². The van der Waals surface area contributed by atoms with Crippen LogP contribution in [-0.2, 0) is 21.3 Å². The van der Waals surface area contributed by atoms with Crippen LogP contribution in [-0.4, -0.2) is 50.8 Å². The van der Waals surface area contributed by atoms with E-state index in [1.54, 1.807) is 26.4 Å². The SMILES string of the molecule is CCOc1cc2c(cc1OC)C(c1ccc(=O)n(C)c1)=N[C@@H]1CC[C@@H](OS(C)(=O)=O)C[C@H]21. The molecule has 1 aliphatic carbocycles. The molecule has 1 fully saturated rings. The fourth-order valence-corrected chi connectivity index (χ4v) is 5.32. The van der Waals surface area contributed by atoms with E-state index in [1.165, 1.54) is 10.6 Å². The lowest BCUT2D eigenvalue weighted by Crippen LogP contribution is -2.36. The van der Waals surface area contributed by atoms with Gasteiger partial charge in [0, 0.05) is 36.4 Å². The average molecular weight is 461 g/mol. The van der Waals surface area contributed by atoms with Crippen LogP contribution in [0.1, 0.15) is 48.8 Å². The Morgan fingerprint density at radius 2 is 1.97 bits per heavy atom. The van der Waals surface area contributed by atoms with Crippen LogP contribution in [0.15, 0.2) is 40.2 Å². The highest BCUT2D eigenvalue weighted by atomic mass is 32.2. The maximum atomic E-state index is 11.9. The van der Waals surface area contributed by atoms with Crippen LogP contribution in [0, 0.1) is 0 Å².